The number of amides is 1. The van der Waals surface area contributed by atoms with E-state index < -0.39 is 0 Å². The Balaban J connectivity index is 2.57. The monoisotopic (exact) mass is 149 g/mol. The fraction of sp³-hybridized carbons (Fsp3) is 0.250. The Morgan fingerprint density at radius 1 is 1.64 bits per heavy atom. The molecule has 0 aliphatic carbocycles. The predicted octanol–water partition coefficient (Wildman–Crippen LogP) is 0.581. The van der Waals surface area contributed by atoms with Gasteiger partial charge >= 0.3 is 6.41 Å². The van der Waals surface area contributed by atoms with Crippen molar-refractivity contribution in [1.29, 1.82) is 0 Å². The van der Waals surface area contributed by atoms with Gasteiger partial charge in [-0.05, 0) is 12.1 Å². The highest BCUT2D eigenvalue weighted by atomic mass is 16.1. The van der Waals surface area contributed by atoms with E-state index in [-0.39, 0.29) is 0 Å². The fourth-order valence-electron chi connectivity index (χ4n) is 0.767. The standard InChI is InChI=1S/C8H9N2O/c1-10(7-11)6-8-4-2-3-5-9-8/h2-5H,6H2,1H3. The van der Waals surface area contributed by atoms with E-state index in [4.69, 9.17) is 0 Å². The van der Waals surface area contributed by atoms with Crippen molar-refractivity contribution in [2.75, 3.05) is 7.05 Å². The van der Waals surface area contributed by atoms with Crippen LogP contribution < -0.4 is 0 Å². The molecule has 0 N–H and O–H groups in total. The maximum absolute atomic E-state index is 10.1. The van der Waals surface area contributed by atoms with Crippen LogP contribution in [0.3, 0.4) is 0 Å². The molecule has 0 aromatic carbocycles. The highest BCUT2D eigenvalue weighted by Gasteiger charge is 1.96. The molecular formula is C8H9N2O. The van der Waals surface area contributed by atoms with Crippen molar-refractivity contribution in [2.24, 2.45) is 0 Å². The number of carbonyl (C=O) groups excluding carboxylic acids is 1. The molecule has 0 saturated carbocycles. The van der Waals surface area contributed by atoms with Gasteiger partial charge in [0.05, 0.1) is 12.2 Å². The number of aromatic nitrogens is 1. The van der Waals surface area contributed by atoms with Crippen molar-refractivity contribution < 1.29 is 4.79 Å². The summed E-state index contributed by atoms with van der Waals surface area (Å²) in [6.45, 7) is 0.518. The third-order valence-electron chi connectivity index (χ3n) is 1.28. The van der Waals surface area contributed by atoms with Crippen LogP contribution in [0.15, 0.2) is 24.4 Å². The molecule has 0 atom stereocenters. The van der Waals surface area contributed by atoms with Gasteiger partial charge in [0.25, 0.3) is 0 Å². The van der Waals surface area contributed by atoms with E-state index in [1.54, 1.807) is 19.7 Å². The molecule has 57 valence electrons. The van der Waals surface area contributed by atoms with Gasteiger partial charge in [-0.1, -0.05) is 6.07 Å². The summed E-state index contributed by atoms with van der Waals surface area (Å²) < 4.78 is 0. The molecule has 1 aromatic heterocycles. The molecule has 1 radical (unpaired) electrons. The largest absolute Gasteiger partial charge is 0.332 e. The van der Waals surface area contributed by atoms with Gasteiger partial charge < -0.3 is 4.90 Å². The molecule has 0 unspecified atom stereocenters. The molecule has 0 saturated heterocycles. The average molecular weight is 149 g/mol. The molecule has 11 heavy (non-hydrogen) atoms. The van der Waals surface area contributed by atoms with E-state index in [1.807, 2.05) is 18.2 Å². The Morgan fingerprint density at radius 3 is 3.00 bits per heavy atom. The van der Waals surface area contributed by atoms with Crippen LogP contribution in [0.5, 0.6) is 0 Å². The first kappa shape index (κ1) is 7.72. The summed E-state index contributed by atoms with van der Waals surface area (Å²) in [7, 11) is 1.67. The molecule has 0 aliphatic rings. The van der Waals surface area contributed by atoms with Crippen LogP contribution in [0, 0.1) is 0 Å². The molecule has 1 rings (SSSR count). The van der Waals surface area contributed by atoms with Gasteiger partial charge in [-0.15, -0.1) is 0 Å². The zero-order valence-corrected chi connectivity index (χ0v) is 6.32. The smallest absolute Gasteiger partial charge is 0.312 e. The second kappa shape index (κ2) is 3.71. The summed E-state index contributed by atoms with van der Waals surface area (Å²) >= 11 is 0. The van der Waals surface area contributed by atoms with Gasteiger partial charge in [-0.25, -0.2) is 0 Å². The fourth-order valence-corrected chi connectivity index (χ4v) is 0.767. The number of nitrogens with zero attached hydrogens (tertiary/aromatic N) is 2. The van der Waals surface area contributed by atoms with Crippen LogP contribution in [-0.4, -0.2) is 23.3 Å². The summed E-state index contributed by atoms with van der Waals surface area (Å²) in [6.07, 6.45) is 3.46. The highest BCUT2D eigenvalue weighted by Crippen LogP contribution is 1.95. The lowest BCUT2D eigenvalue weighted by Gasteiger charge is -2.06. The van der Waals surface area contributed by atoms with Crippen LogP contribution in [0.1, 0.15) is 5.69 Å². The molecule has 1 heterocycles. The minimum atomic E-state index is 0.518. The van der Waals surface area contributed by atoms with Gasteiger partial charge in [-0.2, -0.15) is 0 Å². The first-order chi connectivity index (χ1) is 5.33. The summed E-state index contributed by atoms with van der Waals surface area (Å²) in [5.41, 5.74) is 0.873. The molecule has 0 aliphatic heterocycles. The van der Waals surface area contributed by atoms with E-state index >= 15 is 0 Å². The molecule has 0 fully saturated rings. The lowest BCUT2D eigenvalue weighted by molar-refractivity contribution is 0.426. The molecule has 1 amide bonds. The zero-order valence-electron chi connectivity index (χ0n) is 6.32. The Labute approximate surface area is 65.7 Å². The van der Waals surface area contributed by atoms with Crippen molar-refractivity contribution in [3.63, 3.8) is 0 Å². The minimum Gasteiger partial charge on any atom is -0.332 e. The molecule has 0 bridgehead atoms. The topological polar surface area (TPSA) is 33.2 Å². The van der Waals surface area contributed by atoms with Crippen LogP contribution in [-0.2, 0) is 11.3 Å². The maximum atomic E-state index is 10.1. The first-order valence-corrected chi connectivity index (χ1v) is 3.32. The predicted molar refractivity (Wildman–Crippen MR) is 41.4 cm³/mol. The highest BCUT2D eigenvalue weighted by molar-refractivity contribution is 5.47. The van der Waals surface area contributed by atoms with Gasteiger partial charge in [0.1, 0.15) is 0 Å². The van der Waals surface area contributed by atoms with E-state index in [0.29, 0.717) is 6.54 Å². The number of hydrogen-bond donors (Lipinski definition) is 0. The quantitative estimate of drug-likeness (QED) is 0.589. The van der Waals surface area contributed by atoms with Gasteiger partial charge in [0.2, 0.25) is 0 Å². The Bertz CT molecular complexity index is 223. The maximum Gasteiger partial charge on any atom is 0.312 e. The van der Waals surface area contributed by atoms with Crippen molar-refractivity contribution >= 4 is 6.41 Å². The average Bonchev–Trinajstić information content (AvgIpc) is 2.06. The molecule has 3 nitrogen and oxygen atoms in total. The third kappa shape index (κ3) is 2.37. The van der Waals surface area contributed by atoms with Crippen molar-refractivity contribution in [2.45, 2.75) is 6.54 Å². The Kier molecular flexibility index (Phi) is 2.60. The lowest BCUT2D eigenvalue weighted by Crippen LogP contribution is -2.15. The Morgan fingerprint density at radius 2 is 2.45 bits per heavy atom. The third-order valence-corrected chi connectivity index (χ3v) is 1.28. The Hall–Kier alpha value is -1.38. The number of pyridine rings is 1. The van der Waals surface area contributed by atoms with E-state index in [0.717, 1.165) is 5.69 Å². The van der Waals surface area contributed by atoms with Crippen LogP contribution in [0.25, 0.3) is 0 Å². The van der Waals surface area contributed by atoms with Crippen LogP contribution in [0.2, 0.25) is 0 Å². The number of hydrogen-bond acceptors (Lipinski definition) is 2. The summed E-state index contributed by atoms with van der Waals surface area (Å²) in [5, 5.41) is 0. The van der Waals surface area contributed by atoms with Gasteiger partial charge in [0, 0.05) is 13.2 Å². The second-order valence-corrected chi connectivity index (χ2v) is 2.27. The lowest BCUT2D eigenvalue weighted by atomic mass is 10.3. The van der Waals surface area contributed by atoms with E-state index in [9.17, 15) is 4.79 Å². The van der Waals surface area contributed by atoms with Crippen LogP contribution in [0.4, 0.5) is 0 Å². The first-order valence-electron chi connectivity index (χ1n) is 3.32. The molecular weight excluding hydrogens is 140 g/mol. The molecule has 3 heteroatoms. The van der Waals surface area contributed by atoms with Crippen LogP contribution >= 0.6 is 0 Å². The van der Waals surface area contributed by atoms with Crippen molar-refractivity contribution in [3.8, 4) is 0 Å². The van der Waals surface area contributed by atoms with Gasteiger partial charge in [-0.3, -0.25) is 9.78 Å². The van der Waals surface area contributed by atoms with E-state index in [1.165, 1.54) is 4.90 Å². The summed E-state index contributed by atoms with van der Waals surface area (Å²) in [5.74, 6) is 0. The van der Waals surface area contributed by atoms with Crippen molar-refractivity contribution in [1.82, 2.24) is 9.88 Å². The normalized spacial score (nSPS) is 9.18. The van der Waals surface area contributed by atoms with Gasteiger partial charge in [0.15, 0.2) is 0 Å². The second-order valence-electron chi connectivity index (χ2n) is 2.27. The zero-order chi connectivity index (χ0) is 8.10. The van der Waals surface area contributed by atoms with E-state index in [2.05, 4.69) is 4.98 Å². The molecule has 0 spiro atoms. The SMILES string of the molecule is CN([C]=O)Cc1ccccn1. The summed E-state index contributed by atoms with van der Waals surface area (Å²) in [4.78, 5) is 15.5. The summed E-state index contributed by atoms with van der Waals surface area (Å²) in [6, 6.07) is 5.60. The van der Waals surface area contributed by atoms with Crippen molar-refractivity contribution in [3.05, 3.63) is 30.1 Å². The minimum absolute atomic E-state index is 0.518. The number of rotatable bonds is 3. The molecule has 1 aromatic rings.